The molecule has 2 aromatic heterocycles. The zero-order valence-corrected chi connectivity index (χ0v) is 13.0. The third kappa shape index (κ3) is 1.99. The second-order valence-electron chi connectivity index (χ2n) is 5.10. The van der Waals surface area contributed by atoms with Crippen LogP contribution in [0.25, 0.3) is 0 Å². The molecule has 116 valence electrons. The first kappa shape index (κ1) is 14.3. The highest BCUT2D eigenvalue weighted by Crippen LogP contribution is 2.37. The van der Waals surface area contributed by atoms with Gasteiger partial charge in [0, 0.05) is 24.0 Å². The van der Waals surface area contributed by atoms with Crippen LogP contribution in [-0.2, 0) is 16.6 Å². The van der Waals surface area contributed by atoms with Crippen molar-refractivity contribution in [2.45, 2.75) is 26.3 Å². The van der Waals surface area contributed by atoms with Crippen molar-refractivity contribution in [3.8, 4) is 0 Å². The summed E-state index contributed by atoms with van der Waals surface area (Å²) < 4.78 is 8.45. The van der Waals surface area contributed by atoms with E-state index in [1.54, 1.807) is 15.6 Å². The van der Waals surface area contributed by atoms with Gasteiger partial charge in [-0.3, -0.25) is 4.68 Å². The zero-order valence-electron chi connectivity index (χ0n) is 13.0. The predicted octanol–water partition coefficient (Wildman–Crippen LogP) is 1.17. The van der Waals surface area contributed by atoms with Gasteiger partial charge in [-0.1, -0.05) is 6.92 Å². The van der Waals surface area contributed by atoms with Gasteiger partial charge in [0.15, 0.2) is 0 Å². The topological polar surface area (TPSA) is 86.9 Å². The van der Waals surface area contributed by atoms with Gasteiger partial charge in [-0.25, -0.2) is 9.48 Å². The number of esters is 1. The quantitative estimate of drug-likeness (QED) is 0.857. The van der Waals surface area contributed by atoms with Gasteiger partial charge in [-0.2, -0.15) is 15.2 Å². The average Bonchev–Trinajstić information content (AvgIpc) is 3.12. The second-order valence-corrected chi connectivity index (χ2v) is 5.10. The number of fused-ring (bicyclic) bond motifs is 1. The molecule has 1 N–H and O–H groups in total. The first-order valence-corrected chi connectivity index (χ1v) is 7.04. The minimum Gasteiger partial charge on any atom is -0.466 e. The maximum atomic E-state index is 12.4. The van der Waals surface area contributed by atoms with E-state index in [1.807, 2.05) is 20.9 Å². The maximum Gasteiger partial charge on any atom is 0.338 e. The largest absolute Gasteiger partial charge is 0.466 e. The van der Waals surface area contributed by atoms with E-state index in [-0.39, 0.29) is 5.97 Å². The normalized spacial score (nSPS) is 17.2. The Balaban J connectivity index is 2.24. The van der Waals surface area contributed by atoms with Crippen LogP contribution in [0.5, 0.6) is 0 Å². The van der Waals surface area contributed by atoms with Gasteiger partial charge in [0.05, 0.1) is 18.9 Å². The van der Waals surface area contributed by atoms with Crippen molar-refractivity contribution in [2.75, 3.05) is 12.4 Å². The molecule has 8 nitrogen and oxygen atoms in total. The number of aromatic nitrogens is 5. The van der Waals surface area contributed by atoms with Crippen LogP contribution in [0.4, 0.5) is 5.95 Å². The predicted molar refractivity (Wildman–Crippen MR) is 79.1 cm³/mol. The van der Waals surface area contributed by atoms with Gasteiger partial charge in [-0.15, -0.1) is 0 Å². The number of carbonyl (C=O) groups excluding carboxylic acids is 1. The lowest BCUT2D eigenvalue weighted by atomic mass is 9.95. The van der Waals surface area contributed by atoms with E-state index in [9.17, 15) is 4.79 Å². The molecule has 0 bridgehead atoms. The molecule has 1 aliphatic rings. The molecule has 0 spiro atoms. The number of nitrogens with one attached hydrogen (secondary N) is 1. The Morgan fingerprint density at radius 3 is 2.82 bits per heavy atom. The number of anilines is 1. The van der Waals surface area contributed by atoms with Crippen molar-refractivity contribution in [3.05, 3.63) is 35.1 Å². The monoisotopic (exact) mass is 302 g/mol. The molecule has 3 heterocycles. The van der Waals surface area contributed by atoms with Crippen molar-refractivity contribution in [1.29, 1.82) is 0 Å². The summed E-state index contributed by atoms with van der Waals surface area (Å²) in [5, 5.41) is 11.7. The highest BCUT2D eigenvalue weighted by molar-refractivity contribution is 5.92. The first-order chi connectivity index (χ1) is 10.6. The van der Waals surface area contributed by atoms with E-state index in [0.29, 0.717) is 17.9 Å². The summed E-state index contributed by atoms with van der Waals surface area (Å²) in [6, 6.07) is -0.394. The van der Waals surface area contributed by atoms with E-state index < -0.39 is 6.04 Å². The molecule has 8 heteroatoms. The van der Waals surface area contributed by atoms with Crippen LogP contribution in [0.2, 0.25) is 0 Å². The Bertz CT molecular complexity index is 757. The van der Waals surface area contributed by atoms with Gasteiger partial charge in [-0.05, 0) is 13.3 Å². The van der Waals surface area contributed by atoms with Gasteiger partial charge in [0.1, 0.15) is 12.4 Å². The fourth-order valence-electron chi connectivity index (χ4n) is 2.71. The van der Waals surface area contributed by atoms with Crippen molar-refractivity contribution < 1.29 is 9.53 Å². The molecule has 0 aliphatic carbocycles. The molecule has 22 heavy (non-hydrogen) atoms. The standard InChI is InChI=1S/C14H18N6O2/c1-5-10-11(13(21)22-4)12(9-6-16-19(3)8(9)2)20-14(18-10)15-7-17-20/h6-7,12H,5H2,1-4H3,(H,15,17,18)/t12-/m1/s1. The number of ether oxygens (including phenoxy) is 1. The van der Waals surface area contributed by atoms with Gasteiger partial charge in [0.25, 0.3) is 0 Å². The summed E-state index contributed by atoms with van der Waals surface area (Å²) >= 11 is 0. The molecule has 2 aromatic rings. The number of nitrogens with zero attached hydrogens (tertiary/aromatic N) is 5. The Morgan fingerprint density at radius 2 is 2.23 bits per heavy atom. The summed E-state index contributed by atoms with van der Waals surface area (Å²) in [5.41, 5.74) is 3.20. The summed E-state index contributed by atoms with van der Waals surface area (Å²) in [7, 11) is 3.25. The Labute approximate surface area is 127 Å². The molecule has 1 atom stereocenters. The minimum atomic E-state index is -0.394. The Kier molecular flexibility index (Phi) is 3.44. The van der Waals surface area contributed by atoms with Crippen LogP contribution in [-0.4, -0.2) is 37.6 Å². The molecule has 1 aliphatic heterocycles. The van der Waals surface area contributed by atoms with Crippen molar-refractivity contribution in [2.24, 2.45) is 7.05 Å². The lowest BCUT2D eigenvalue weighted by Crippen LogP contribution is -2.30. The van der Waals surface area contributed by atoms with E-state index >= 15 is 0 Å². The maximum absolute atomic E-state index is 12.4. The van der Waals surface area contributed by atoms with Crippen LogP contribution in [0.1, 0.15) is 30.6 Å². The van der Waals surface area contributed by atoms with Crippen LogP contribution >= 0.6 is 0 Å². The van der Waals surface area contributed by atoms with Crippen LogP contribution in [0, 0.1) is 6.92 Å². The summed E-state index contributed by atoms with van der Waals surface area (Å²) in [6.07, 6.45) is 3.88. The summed E-state index contributed by atoms with van der Waals surface area (Å²) in [6.45, 7) is 3.94. The number of methoxy groups -OCH3 is 1. The lowest BCUT2D eigenvalue weighted by molar-refractivity contribution is -0.136. The van der Waals surface area contributed by atoms with E-state index in [0.717, 1.165) is 17.0 Å². The number of rotatable bonds is 3. The van der Waals surface area contributed by atoms with Gasteiger partial charge in [0.2, 0.25) is 5.95 Å². The highest BCUT2D eigenvalue weighted by atomic mass is 16.5. The number of hydrogen-bond donors (Lipinski definition) is 1. The molecule has 0 amide bonds. The third-order valence-corrected chi connectivity index (χ3v) is 4.01. The number of allylic oxidation sites excluding steroid dienone is 1. The highest BCUT2D eigenvalue weighted by Gasteiger charge is 2.36. The molecule has 3 rings (SSSR count). The molecule has 0 fully saturated rings. The van der Waals surface area contributed by atoms with Crippen molar-refractivity contribution >= 4 is 11.9 Å². The number of aryl methyl sites for hydroxylation is 1. The summed E-state index contributed by atoms with van der Waals surface area (Å²) in [4.78, 5) is 16.6. The number of carbonyl (C=O) groups is 1. The fourth-order valence-corrected chi connectivity index (χ4v) is 2.71. The van der Waals surface area contributed by atoms with Crippen LogP contribution in [0.15, 0.2) is 23.8 Å². The third-order valence-electron chi connectivity index (χ3n) is 4.01. The van der Waals surface area contributed by atoms with Gasteiger partial charge >= 0.3 is 5.97 Å². The minimum absolute atomic E-state index is 0.376. The van der Waals surface area contributed by atoms with Crippen LogP contribution in [0.3, 0.4) is 0 Å². The first-order valence-electron chi connectivity index (χ1n) is 7.04. The summed E-state index contributed by atoms with van der Waals surface area (Å²) in [5.74, 6) is 0.233. The van der Waals surface area contributed by atoms with E-state index in [1.165, 1.54) is 13.4 Å². The molecule has 0 saturated heterocycles. The smallest absolute Gasteiger partial charge is 0.338 e. The second kappa shape index (κ2) is 5.28. The van der Waals surface area contributed by atoms with Gasteiger partial charge < -0.3 is 10.1 Å². The molecule has 0 aromatic carbocycles. The fraction of sp³-hybridized carbons (Fsp3) is 0.429. The molecular formula is C14H18N6O2. The zero-order chi connectivity index (χ0) is 15.9. The Hall–Kier alpha value is -2.64. The Morgan fingerprint density at radius 1 is 1.45 bits per heavy atom. The van der Waals surface area contributed by atoms with E-state index in [4.69, 9.17) is 4.74 Å². The average molecular weight is 302 g/mol. The van der Waals surface area contributed by atoms with E-state index in [2.05, 4.69) is 20.5 Å². The lowest BCUT2D eigenvalue weighted by Gasteiger charge is -2.28. The molecule has 0 saturated carbocycles. The van der Waals surface area contributed by atoms with Crippen molar-refractivity contribution in [1.82, 2.24) is 24.5 Å². The number of hydrogen-bond acceptors (Lipinski definition) is 6. The molecule has 0 unspecified atom stereocenters. The molecule has 0 radical (unpaired) electrons. The SMILES string of the molecule is CCC1=C(C(=O)OC)[C@@H](c2cnn(C)c2C)n2ncnc2N1. The van der Waals surface area contributed by atoms with Crippen molar-refractivity contribution in [3.63, 3.8) is 0 Å². The van der Waals surface area contributed by atoms with Crippen LogP contribution < -0.4 is 5.32 Å². The molecular weight excluding hydrogens is 284 g/mol.